The van der Waals surface area contributed by atoms with Gasteiger partial charge in [-0.05, 0) is 44.6 Å². The van der Waals surface area contributed by atoms with Crippen LogP contribution in [0.4, 0.5) is 0 Å². The standard InChI is InChI=1S/C16H25NO2/c1-13-6-5-7-14(12-17-15-8-9-15)16(13)19-11-4-2-3-10-18/h5-7,15,17-18H,2-4,8-12H2,1H3. The number of unbranched alkanes of at least 4 members (excludes halogenated alkanes) is 2. The number of ether oxygens (including phenoxy) is 1. The number of para-hydroxylation sites is 1. The number of aliphatic hydroxyl groups is 1. The maximum absolute atomic E-state index is 8.75. The summed E-state index contributed by atoms with van der Waals surface area (Å²) >= 11 is 0. The van der Waals surface area contributed by atoms with Crippen LogP contribution in [-0.2, 0) is 6.54 Å². The number of hydrogen-bond donors (Lipinski definition) is 2. The first kappa shape index (κ1) is 14.4. The Morgan fingerprint density at radius 1 is 1.26 bits per heavy atom. The summed E-state index contributed by atoms with van der Waals surface area (Å²) in [7, 11) is 0. The number of nitrogens with one attached hydrogen (secondary N) is 1. The molecule has 3 heteroatoms. The van der Waals surface area contributed by atoms with Crippen molar-refractivity contribution in [2.45, 2.75) is 51.6 Å². The van der Waals surface area contributed by atoms with Gasteiger partial charge in [-0.2, -0.15) is 0 Å². The van der Waals surface area contributed by atoms with Gasteiger partial charge in [-0.3, -0.25) is 0 Å². The number of rotatable bonds is 9. The molecular formula is C16H25NO2. The van der Waals surface area contributed by atoms with E-state index in [1.807, 2.05) is 0 Å². The molecule has 1 aliphatic rings. The van der Waals surface area contributed by atoms with Crippen LogP contribution in [0.1, 0.15) is 43.2 Å². The molecule has 0 unspecified atom stereocenters. The largest absolute Gasteiger partial charge is 0.493 e. The van der Waals surface area contributed by atoms with Crippen LogP contribution in [-0.4, -0.2) is 24.4 Å². The molecule has 1 fully saturated rings. The maximum Gasteiger partial charge on any atom is 0.126 e. The Labute approximate surface area is 116 Å². The predicted octanol–water partition coefficient (Wildman–Crippen LogP) is 2.79. The molecule has 2 rings (SSSR count). The Hall–Kier alpha value is -1.06. The van der Waals surface area contributed by atoms with Crippen LogP contribution in [0.15, 0.2) is 18.2 Å². The third kappa shape index (κ3) is 4.84. The van der Waals surface area contributed by atoms with E-state index in [0.29, 0.717) is 0 Å². The Bertz CT molecular complexity index is 388. The summed E-state index contributed by atoms with van der Waals surface area (Å²) < 4.78 is 5.95. The highest BCUT2D eigenvalue weighted by Gasteiger charge is 2.20. The lowest BCUT2D eigenvalue weighted by Gasteiger charge is -2.14. The van der Waals surface area contributed by atoms with E-state index in [4.69, 9.17) is 9.84 Å². The molecule has 0 saturated heterocycles. The van der Waals surface area contributed by atoms with E-state index in [1.165, 1.54) is 24.0 Å². The van der Waals surface area contributed by atoms with Crippen molar-refractivity contribution in [1.29, 1.82) is 0 Å². The summed E-state index contributed by atoms with van der Waals surface area (Å²) in [4.78, 5) is 0. The van der Waals surface area contributed by atoms with E-state index in [1.54, 1.807) is 0 Å². The molecule has 0 atom stereocenters. The summed E-state index contributed by atoms with van der Waals surface area (Å²) in [5.41, 5.74) is 2.46. The van der Waals surface area contributed by atoms with Crippen molar-refractivity contribution in [1.82, 2.24) is 5.32 Å². The molecule has 0 radical (unpaired) electrons. The zero-order valence-electron chi connectivity index (χ0n) is 11.8. The van der Waals surface area contributed by atoms with Gasteiger partial charge in [0.25, 0.3) is 0 Å². The first-order valence-electron chi connectivity index (χ1n) is 7.37. The second kappa shape index (κ2) is 7.51. The van der Waals surface area contributed by atoms with Gasteiger partial charge in [-0.15, -0.1) is 0 Å². The van der Waals surface area contributed by atoms with Gasteiger partial charge in [0.05, 0.1) is 6.61 Å². The fraction of sp³-hybridized carbons (Fsp3) is 0.625. The van der Waals surface area contributed by atoms with Gasteiger partial charge in [-0.1, -0.05) is 18.2 Å². The van der Waals surface area contributed by atoms with E-state index in [2.05, 4.69) is 30.4 Å². The zero-order chi connectivity index (χ0) is 13.5. The normalized spacial score (nSPS) is 14.6. The minimum absolute atomic E-state index is 0.279. The molecule has 0 spiro atoms. The summed E-state index contributed by atoms with van der Waals surface area (Å²) in [6.45, 7) is 4.02. The van der Waals surface area contributed by atoms with Gasteiger partial charge in [-0.25, -0.2) is 0 Å². The smallest absolute Gasteiger partial charge is 0.126 e. The molecule has 106 valence electrons. The van der Waals surface area contributed by atoms with Crippen LogP contribution in [0.2, 0.25) is 0 Å². The van der Waals surface area contributed by atoms with Crippen molar-refractivity contribution in [3.63, 3.8) is 0 Å². The third-order valence-corrected chi connectivity index (χ3v) is 3.50. The van der Waals surface area contributed by atoms with Crippen molar-refractivity contribution in [2.75, 3.05) is 13.2 Å². The van der Waals surface area contributed by atoms with Gasteiger partial charge in [0, 0.05) is 24.8 Å². The molecule has 0 amide bonds. The van der Waals surface area contributed by atoms with Crippen molar-refractivity contribution in [3.05, 3.63) is 29.3 Å². The molecule has 1 saturated carbocycles. The number of aryl methyl sites for hydroxylation is 1. The van der Waals surface area contributed by atoms with E-state index in [9.17, 15) is 0 Å². The Morgan fingerprint density at radius 3 is 2.84 bits per heavy atom. The second-order valence-corrected chi connectivity index (χ2v) is 5.35. The molecule has 0 aromatic heterocycles. The molecular weight excluding hydrogens is 238 g/mol. The van der Waals surface area contributed by atoms with Gasteiger partial charge >= 0.3 is 0 Å². The third-order valence-electron chi connectivity index (χ3n) is 3.50. The van der Waals surface area contributed by atoms with E-state index < -0.39 is 0 Å². The lowest BCUT2D eigenvalue weighted by atomic mass is 10.1. The molecule has 0 heterocycles. The van der Waals surface area contributed by atoms with Gasteiger partial charge in [0.2, 0.25) is 0 Å². The van der Waals surface area contributed by atoms with Crippen LogP contribution in [0.3, 0.4) is 0 Å². The minimum Gasteiger partial charge on any atom is -0.493 e. The van der Waals surface area contributed by atoms with Crippen LogP contribution < -0.4 is 10.1 Å². The van der Waals surface area contributed by atoms with Crippen molar-refractivity contribution in [2.24, 2.45) is 0 Å². The SMILES string of the molecule is Cc1cccc(CNC2CC2)c1OCCCCCO. The Balaban J connectivity index is 1.84. The van der Waals surface area contributed by atoms with Gasteiger partial charge in [0.1, 0.15) is 5.75 Å². The van der Waals surface area contributed by atoms with E-state index in [0.717, 1.165) is 44.2 Å². The van der Waals surface area contributed by atoms with Crippen molar-refractivity contribution in [3.8, 4) is 5.75 Å². The molecule has 3 nitrogen and oxygen atoms in total. The average molecular weight is 263 g/mol. The lowest BCUT2D eigenvalue weighted by molar-refractivity contribution is 0.264. The van der Waals surface area contributed by atoms with Crippen molar-refractivity contribution < 1.29 is 9.84 Å². The molecule has 1 aromatic rings. The predicted molar refractivity (Wildman–Crippen MR) is 77.5 cm³/mol. The summed E-state index contributed by atoms with van der Waals surface area (Å²) in [6.07, 6.45) is 5.52. The molecule has 1 aliphatic carbocycles. The van der Waals surface area contributed by atoms with Crippen LogP contribution in [0.25, 0.3) is 0 Å². The molecule has 2 N–H and O–H groups in total. The molecule has 1 aromatic carbocycles. The molecule has 0 aliphatic heterocycles. The summed E-state index contributed by atoms with van der Waals surface area (Å²) in [5, 5.41) is 12.3. The Kier molecular flexibility index (Phi) is 5.67. The summed E-state index contributed by atoms with van der Waals surface area (Å²) in [6, 6.07) is 7.06. The van der Waals surface area contributed by atoms with Crippen LogP contribution >= 0.6 is 0 Å². The van der Waals surface area contributed by atoms with Crippen LogP contribution in [0, 0.1) is 6.92 Å². The highest BCUT2D eigenvalue weighted by molar-refractivity contribution is 5.40. The molecule has 0 bridgehead atoms. The molecule has 19 heavy (non-hydrogen) atoms. The second-order valence-electron chi connectivity index (χ2n) is 5.35. The lowest BCUT2D eigenvalue weighted by Crippen LogP contribution is -2.16. The zero-order valence-corrected chi connectivity index (χ0v) is 11.8. The number of aliphatic hydroxyl groups excluding tert-OH is 1. The average Bonchev–Trinajstić information content (AvgIpc) is 3.22. The van der Waals surface area contributed by atoms with Gasteiger partial charge in [0.15, 0.2) is 0 Å². The Morgan fingerprint density at radius 2 is 2.11 bits per heavy atom. The minimum atomic E-state index is 0.279. The van der Waals surface area contributed by atoms with Gasteiger partial charge < -0.3 is 15.2 Å². The highest BCUT2D eigenvalue weighted by Crippen LogP contribution is 2.25. The van der Waals surface area contributed by atoms with Crippen LogP contribution in [0.5, 0.6) is 5.75 Å². The number of hydrogen-bond acceptors (Lipinski definition) is 3. The fourth-order valence-corrected chi connectivity index (χ4v) is 2.17. The number of benzene rings is 1. The maximum atomic E-state index is 8.75. The quantitative estimate of drug-likeness (QED) is 0.673. The van der Waals surface area contributed by atoms with E-state index in [-0.39, 0.29) is 6.61 Å². The first-order chi connectivity index (χ1) is 9.31. The van der Waals surface area contributed by atoms with Crippen molar-refractivity contribution >= 4 is 0 Å². The van der Waals surface area contributed by atoms with E-state index >= 15 is 0 Å². The highest BCUT2D eigenvalue weighted by atomic mass is 16.5. The topological polar surface area (TPSA) is 41.5 Å². The monoisotopic (exact) mass is 263 g/mol. The first-order valence-corrected chi connectivity index (χ1v) is 7.37. The fourth-order valence-electron chi connectivity index (χ4n) is 2.17. The summed E-state index contributed by atoms with van der Waals surface area (Å²) in [5.74, 6) is 1.04.